The minimum absolute atomic E-state index is 0.121. The van der Waals surface area contributed by atoms with Crippen LogP contribution >= 0.6 is 0 Å². The molecule has 0 aliphatic carbocycles. The van der Waals surface area contributed by atoms with Gasteiger partial charge in [0.15, 0.2) is 11.5 Å². The van der Waals surface area contributed by atoms with Crippen molar-refractivity contribution in [3.63, 3.8) is 0 Å². The Labute approximate surface area is 207 Å². The molecule has 0 N–H and O–H groups in total. The summed E-state index contributed by atoms with van der Waals surface area (Å²) in [7, 11) is 0. The Balaban J connectivity index is 1.58. The van der Waals surface area contributed by atoms with Crippen molar-refractivity contribution in [1.82, 2.24) is 10.0 Å². The highest BCUT2D eigenvalue weighted by molar-refractivity contribution is 6.22. The molecule has 6 nitrogen and oxygen atoms in total. The number of hydrazine groups is 1. The average Bonchev–Trinajstić information content (AvgIpc) is 3.45. The zero-order valence-electron chi connectivity index (χ0n) is 19.1. The number of carbonyl (C=O) groups excluding carboxylic acids is 3. The molecule has 36 heavy (non-hydrogen) atoms. The molecule has 2 aliphatic heterocycles. The van der Waals surface area contributed by atoms with Crippen LogP contribution in [0, 0.1) is 0 Å². The van der Waals surface area contributed by atoms with E-state index in [1.165, 1.54) is 5.01 Å². The van der Waals surface area contributed by atoms with E-state index in [-0.39, 0.29) is 22.6 Å². The number of hydrogen-bond donors (Lipinski definition) is 0. The Bertz CT molecular complexity index is 1480. The van der Waals surface area contributed by atoms with Crippen molar-refractivity contribution in [2.24, 2.45) is 0 Å². The summed E-state index contributed by atoms with van der Waals surface area (Å²) in [6.45, 7) is 0. The van der Waals surface area contributed by atoms with E-state index in [2.05, 4.69) is 0 Å². The lowest BCUT2D eigenvalue weighted by Crippen LogP contribution is -2.47. The van der Waals surface area contributed by atoms with Crippen molar-refractivity contribution in [3.8, 4) is 0 Å². The second-order valence-electron chi connectivity index (χ2n) is 8.43. The normalized spacial score (nSPS) is 16.8. The third-order valence-corrected chi connectivity index (χ3v) is 6.26. The fourth-order valence-corrected chi connectivity index (χ4v) is 4.57. The highest BCUT2D eigenvalue weighted by Gasteiger charge is 2.49. The summed E-state index contributed by atoms with van der Waals surface area (Å²) in [6, 6.07) is 33.9. The number of ketones is 1. The zero-order valence-corrected chi connectivity index (χ0v) is 19.1. The Morgan fingerprint density at radius 2 is 1.14 bits per heavy atom. The summed E-state index contributed by atoms with van der Waals surface area (Å²) in [5.74, 6) is -1.07. The van der Waals surface area contributed by atoms with Gasteiger partial charge in [-0.3, -0.25) is 14.4 Å². The first-order valence-corrected chi connectivity index (χ1v) is 11.5. The maximum atomic E-state index is 14.0. The lowest BCUT2D eigenvalue weighted by Gasteiger charge is -2.33. The first-order chi connectivity index (χ1) is 17.6. The number of ether oxygens (including phenoxy) is 1. The van der Waals surface area contributed by atoms with Crippen molar-refractivity contribution >= 4 is 23.4 Å². The fourth-order valence-electron chi connectivity index (χ4n) is 4.57. The van der Waals surface area contributed by atoms with Crippen LogP contribution < -0.4 is 0 Å². The first-order valence-electron chi connectivity index (χ1n) is 11.5. The standard InChI is InChI=1S/C30H20N2O4/c33-26(20-12-4-1-5-13-20)25-27(21-14-6-2-7-15-21)36-30(22-16-8-3-9-17-22)31(25)32-28(34)23-18-10-11-19-24(23)29(32)35/h1-19,30H. The molecule has 0 aromatic heterocycles. The van der Waals surface area contributed by atoms with Crippen LogP contribution in [0.3, 0.4) is 0 Å². The average molecular weight is 473 g/mol. The van der Waals surface area contributed by atoms with Gasteiger partial charge in [0, 0.05) is 16.7 Å². The smallest absolute Gasteiger partial charge is 0.280 e. The van der Waals surface area contributed by atoms with E-state index >= 15 is 0 Å². The third-order valence-electron chi connectivity index (χ3n) is 6.26. The zero-order chi connectivity index (χ0) is 24.6. The second-order valence-corrected chi connectivity index (χ2v) is 8.43. The van der Waals surface area contributed by atoms with Gasteiger partial charge in [0.2, 0.25) is 12.0 Å². The lowest BCUT2D eigenvalue weighted by atomic mass is 10.0. The number of nitrogens with zero attached hydrogens (tertiary/aromatic N) is 2. The van der Waals surface area contributed by atoms with Gasteiger partial charge in [-0.1, -0.05) is 103 Å². The molecule has 2 aliphatic rings. The monoisotopic (exact) mass is 472 g/mol. The van der Waals surface area contributed by atoms with Crippen LogP contribution in [0.15, 0.2) is 121 Å². The molecule has 0 saturated carbocycles. The van der Waals surface area contributed by atoms with Crippen molar-refractivity contribution in [2.75, 3.05) is 0 Å². The van der Waals surface area contributed by atoms with E-state index in [0.29, 0.717) is 22.4 Å². The highest BCUT2D eigenvalue weighted by atomic mass is 16.5. The predicted molar refractivity (Wildman–Crippen MR) is 133 cm³/mol. The summed E-state index contributed by atoms with van der Waals surface area (Å²) in [5.41, 5.74) is 2.47. The van der Waals surface area contributed by atoms with Gasteiger partial charge in [-0.15, -0.1) is 0 Å². The summed E-state index contributed by atoms with van der Waals surface area (Å²) in [5, 5.41) is 2.45. The number of imide groups is 1. The Morgan fingerprint density at radius 3 is 1.72 bits per heavy atom. The summed E-state index contributed by atoms with van der Waals surface area (Å²) >= 11 is 0. The van der Waals surface area contributed by atoms with Crippen molar-refractivity contribution < 1.29 is 19.1 Å². The van der Waals surface area contributed by atoms with Gasteiger partial charge < -0.3 is 4.74 Å². The van der Waals surface area contributed by atoms with Gasteiger partial charge in [-0.05, 0) is 12.1 Å². The molecular formula is C30H20N2O4. The van der Waals surface area contributed by atoms with E-state index in [4.69, 9.17) is 4.74 Å². The molecule has 0 fully saturated rings. The number of Topliss-reactive ketones (excluding diaryl/α,β-unsaturated/α-hetero) is 1. The molecule has 4 aromatic carbocycles. The van der Waals surface area contributed by atoms with E-state index in [0.717, 1.165) is 5.01 Å². The summed E-state index contributed by atoms with van der Waals surface area (Å²) < 4.78 is 6.45. The van der Waals surface area contributed by atoms with E-state index < -0.39 is 18.0 Å². The van der Waals surface area contributed by atoms with Gasteiger partial charge in [0.05, 0.1) is 11.1 Å². The second kappa shape index (κ2) is 8.67. The topological polar surface area (TPSA) is 66.9 Å². The number of hydrogen-bond acceptors (Lipinski definition) is 5. The number of fused-ring (bicyclic) bond motifs is 1. The van der Waals surface area contributed by atoms with Gasteiger partial charge >= 0.3 is 0 Å². The highest BCUT2D eigenvalue weighted by Crippen LogP contribution is 2.45. The van der Waals surface area contributed by atoms with Gasteiger partial charge in [-0.25, -0.2) is 5.01 Å². The number of amides is 2. The fraction of sp³-hybridized carbons (Fsp3) is 0.0333. The maximum Gasteiger partial charge on any atom is 0.280 e. The number of allylic oxidation sites excluding steroid dienone is 1. The summed E-state index contributed by atoms with van der Waals surface area (Å²) in [4.78, 5) is 41.2. The Kier molecular flexibility index (Phi) is 5.19. The SMILES string of the molecule is O=C(C1=C(c2ccccc2)OC(c2ccccc2)N1N1C(=O)c2ccccc2C1=O)c1ccccc1. The molecular weight excluding hydrogens is 452 g/mol. The van der Waals surface area contributed by atoms with Crippen LogP contribution in [0.1, 0.15) is 48.4 Å². The third kappa shape index (κ3) is 3.39. The van der Waals surface area contributed by atoms with Gasteiger partial charge in [-0.2, -0.15) is 5.01 Å². The van der Waals surface area contributed by atoms with E-state index in [1.54, 1.807) is 48.5 Å². The molecule has 1 unspecified atom stereocenters. The molecule has 4 aromatic rings. The van der Waals surface area contributed by atoms with E-state index in [9.17, 15) is 14.4 Å². The minimum Gasteiger partial charge on any atom is -0.461 e. The van der Waals surface area contributed by atoms with Crippen LogP contribution in [0.2, 0.25) is 0 Å². The molecule has 0 spiro atoms. The number of benzene rings is 4. The molecule has 0 bridgehead atoms. The molecule has 0 radical (unpaired) electrons. The van der Waals surface area contributed by atoms with E-state index in [1.807, 2.05) is 66.7 Å². The molecule has 2 amide bonds. The van der Waals surface area contributed by atoms with Crippen molar-refractivity contribution in [1.29, 1.82) is 0 Å². The molecule has 0 saturated heterocycles. The van der Waals surface area contributed by atoms with Crippen molar-refractivity contribution in [2.45, 2.75) is 6.23 Å². The van der Waals surface area contributed by atoms with Crippen LogP contribution in [0.5, 0.6) is 0 Å². The summed E-state index contributed by atoms with van der Waals surface area (Å²) in [6.07, 6.45) is -0.911. The Hall–Kier alpha value is -4.97. The van der Waals surface area contributed by atoms with Crippen LogP contribution in [-0.4, -0.2) is 27.6 Å². The molecule has 6 heteroatoms. The quantitative estimate of drug-likeness (QED) is 0.284. The van der Waals surface area contributed by atoms with Crippen LogP contribution in [0.25, 0.3) is 5.76 Å². The molecule has 2 heterocycles. The van der Waals surface area contributed by atoms with Crippen molar-refractivity contribution in [3.05, 3.63) is 149 Å². The Morgan fingerprint density at radius 1 is 0.639 bits per heavy atom. The largest absolute Gasteiger partial charge is 0.461 e. The van der Waals surface area contributed by atoms with Crippen LogP contribution in [0.4, 0.5) is 0 Å². The lowest BCUT2D eigenvalue weighted by molar-refractivity contribution is -0.0501. The van der Waals surface area contributed by atoms with Crippen LogP contribution in [-0.2, 0) is 4.74 Å². The van der Waals surface area contributed by atoms with Gasteiger partial charge in [0.1, 0.15) is 0 Å². The molecule has 6 rings (SSSR count). The maximum absolute atomic E-state index is 14.0. The molecule has 1 atom stereocenters. The number of carbonyl (C=O) groups is 3. The van der Waals surface area contributed by atoms with Gasteiger partial charge in [0.25, 0.3) is 11.8 Å². The molecule has 174 valence electrons. The number of rotatable bonds is 5. The minimum atomic E-state index is -0.911. The first kappa shape index (κ1) is 21.6. The predicted octanol–water partition coefficient (Wildman–Crippen LogP) is 5.48.